The molecule has 1 heterocycles. The van der Waals surface area contributed by atoms with Crippen molar-refractivity contribution in [2.75, 3.05) is 5.32 Å². The SMILES string of the molecule is Cc1cn(CC(C)C)c(Nc2cccc(I)c2)n1. The molecule has 18 heavy (non-hydrogen) atoms. The summed E-state index contributed by atoms with van der Waals surface area (Å²) in [7, 11) is 0. The van der Waals surface area contributed by atoms with E-state index >= 15 is 0 Å². The number of hydrogen-bond acceptors (Lipinski definition) is 2. The first-order valence-corrected chi connectivity index (χ1v) is 7.19. The fourth-order valence-electron chi connectivity index (χ4n) is 1.87. The standard InChI is InChI=1S/C14H18IN3/c1-10(2)8-18-9-11(3)16-14(18)17-13-6-4-5-12(15)7-13/h4-7,9-10H,8H2,1-3H3,(H,16,17). The van der Waals surface area contributed by atoms with E-state index in [0.29, 0.717) is 5.92 Å². The molecule has 2 rings (SSSR count). The number of aryl methyl sites for hydroxylation is 1. The van der Waals surface area contributed by atoms with Crippen molar-refractivity contribution in [1.29, 1.82) is 0 Å². The summed E-state index contributed by atoms with van der Waals surface area (Å²) in [5.74, 6) is 1.53. The molecule has 4 heteroatoms. The lowest BCUT2D eigenvalue weighted by Crippen LogP contribution is -2.07. The third kappa shape index (κ3) is 3.48. The van der Waals surface area contributed by atoms with Crippen molar-refractivity contribution in [3.8, 4) is 0 Å². The molecule has 0 spiro atoms. The van der Waals surface area contributed by atoms with Gasteiger partial charge < -0.3 is 9.88 Å². The molecular weight excluding hydrogens is 337 g/mol. The fraction of sp³-hybridized carbons (Fsp3) is 0.357. The molecule has 0 aliphatic carbocycles. The van der Waals surface area contributed by atoms with E-state index in [-0.39, 0.29) is 0 Å². The first-order chi connectivity index (χ1) is 8.54. The summed E-state index contributed by atoms with van der Waals surface area (Å²) in [5.41, 5.74) is 2.13. The van der Waals surface area contributed by atoms with Gasteiger partial charge in [0.05, 0.1) is 5.69 Å². The van der Waals surface area contributed by atoms with Crippen LogP contribution in [0.15, 0.2) is 30.5 Å². The summed E-state index contributed by atoms with van der Waals surface area (Å²) in [6.07, 6.45) is 2.09. The predicted octanol–water partition coefficient (Wildman–Crippen LogP) is 4.20. The maximum absolute atomic E-state index is 4.54. The van der Waals surface area contributed by atoms with Crippen molar-refractivity contribution >= 4 is 34.2 Å². The number of benzene rings is 1. The predicted molar refractivity (Wildman–Crippen MR) is 84.2 cm³/mol. The molecule has 1 N–H and O–H groups in total. The number of aromatic nitrogens is 2. The molecule has 3 nitrogen and oxygen atoms in total. The summed E-state index contributed by atoms with van der Waals surface area (Å²) in [4.78, 5) is 4.54. The fourth-order valence-corrected chi connectivity index (χ4v) is 2.42. The quantitative estimate of drug-likeness (QED) is 0.834. The van der Waals surface area contributed by atoms with Gasteiger partial charge in [0.15, 0.2) is 0 Å². The Morgan fingerprint density at radius 1 is 1.39 bits per heavy atom. The molecule has 0 saturated heterocycles. The van der Waals surface area contributed by atoms with Crippen LogP contribution in [0, 0.1) is 16.4 Å². The molecule has 0 aliphatic heterocycles. The van der Waals surface area contributed by atoms with Crippen LogP contribution in [0.4, 0.5) is 11.6 Å². The average molecular weight is 355 g/mol. The van der Waals surface area contributed by atoms with E-state index in [4.69, 9.17) is 0 Å². The van der Waals surface area contributed by atoms with Crippen molar-refractivity contribution in [3.05, 3.63) is 39.7 Å². The van der Waals surface area contributed by atoms with E-state index in [1.807, 2.05) is 13.0 Å². The summed E-state index contributed by atoms with van der Waals surface area (Å²) in [5, 5.41) is 3.39. The zero-order chi connectivity index (χ0) is 13.1. The van der Waals surface area contributed by atoms with Gasteiger partial charge in [0.2, 0.25) is 5.95 Å². The Bertz CT molecular complexity index is 532. The number of nitrogens with zero attached hydrogens (tertiary/aromatic N) is 2. The van der Waals surface area contributed by atoms with E-state index in [1.54, 1.807) is 0 Å². The Morgan fingerprint density at radius 3 is 2.83 bits per heavy atom. The number of rotatable bonds is 4. The highest BCUT2D eigenvalue weighted by Crippen LogP contribution is 2.19. The molecule has 0 aliphatic rings. The molecule has 1 aromatic heterocycles. The minimum Gasteiger partial charge on any atom is -0.326 e. The third-order valence-corrected chi connectivity index (χ3v) is 3.21. The van der Waals surface area contributed by atoms with Gasteiger partial charge in [0, 0.05) is 22.0 Å². The first-order valence-electron chi connectivity index (χ1n) is 6.11. The molecule has 0 unspecified atom stereocenters. The number of hydrogen-bond donors (Lipinski definition) is 1. The molecule has 96 valence electrons. The third-order valence-electron chi connectivity index (χ3n) is 2.54. The number of imidazole rings is 1. The highest BCUT2D eigenvalue weighted by atomic mass is 127. The van der Waals surface area contributed by atoms with Crippen LogP contribution in [0.1, 0.15) is 19.5 Å². The normalized spacial score (nSPS) is 10.9. The van der Waals surface area contributed by atoms with Crippen molar-refractivity contribution in [3.63, 3.8) is 0 Å². The van der Waals surface area contributed by atoms with Crippen LogP contribution in [0.2, 0.25) is 0 Å². The number of halogens is 1. The Balaban J connectivity index is 2.23. The lowest BCUT2D eigenvalue weighted by atomic mass is 10.2. The van der Waals surface area contributed by atoms with Crippen LogP contribution < -0.4 is 5.32 Å². The van der Waals surface area contributed by atoms with Gasteiger partial charge in [0.25, 0.3) is 0 Å². The Morgan fingerprint density at radius 2 is 2.17 bits per heavy atom. The van der Waals surface area contributed by atoms with Crippen LogP contribution in [-0.4, -0.2) is 9.55 Å². The van der Waals surface area contributed by atoms with Crippen LogP contribution >= 0.6 is 22.6 Å². The van der Waals surface area contributed by atoms with E-state index in [1.165, 1.54) is 3.57 Å². The second-order valence-corrected chi connectivity index (χ2v) is 6.13. The summed E-state index contributed by atoms with van der Waals surface area (Å²) in [6, 6.07) is 8.31. The molecule has 1 aromatic carbocycles. The first kappa shape index (κ1) is 13.4. The van der Waals surface area contributed by atoms with E-state index < -0.39 is 0 Å². The van der Waals surface area contributed by atoms with E-state index in [0.717, 1.165) is 23.9 Å². The molecule has 0 fully saturated rings. The molecule has 0 radical (unpaired) electrons. The van der Waals surface area contributed by atoms with Crippen molar-refractivity contribution in [1.82, 2.24) is 9.55 Å². The topological polar surface area (TPSA) is 29.9 Å². The Labute approximate surface area is 122 Å². The van der Waals surface area contributed by atoms with Gasteiger partial charge in [-0.05, 0) is 53.6 Å². The lowest BCUT2D eigenvalue weighted by molar-refractivity contribution is 0.527. The van der Waals surface area contributed by atoms with Crippen LogP contribution in [0.25, 0.3) is 0 Å². The molecule has 2 aromatic rings. The minimum atomic E-state index is 0.607. The van der Waals surface area contributed by atoms with Crippen LogP contribution in [0.3, 0.4) is 0 Å². The smallest absolute Gasteiger partial charge is 0.207 e. The zero-order valence-corrected chi connectivity index (χ0v) is 13.1. The number of nitrogens with one attached hydrogen (secondary N) is 1. The van der Waals surface area contributed by atoms with Gasteiger partial charge in [-0.25, -0.2) is 4.98 Å². The van der Waals surface area contributed by atoms with Crippen LogP contribution in [-0.2, 0) is 6.54 Å². The van der Waals surface area contributed by atoms with Crippen molar-refractivity contribution in [2.45, 2.75) is 27.3 Å². The van der Waals surface area contributed by atoms with E-state index in [2.05, 4.69) is 75.7 Å². The largest absolute Gasteiger partial charge is 0.326 e. The van der Waals surface area contributed by atoms with Gasteiger partial charge in [-0.15, -0.1) is 0 Å². The maximum Gasteiger partial charge on any atom is 0.207 e. The lowest BCUT2D eigenvalue weighted by Gasteiger charge is -2.11. The summed E-state index contributed by atoms with van der Waals surface area (Å²) < 4.78 is 3.40. The second-order valence-electron chi connectivity index (χ2n) is 4.89. The van der Waals surface area contributed by atoms with Crippen molar-refractivity contribution in [2.24, 2.45) is 5.92 Å². The van der Waals surface area contributed by atoms with Gasteiger partial charge in [-0.3, -0.25) is 0 Å². The minimum absolute atomic E-state index is 0.607. The second kappa shape index (κ2) is 5.73. The molecular formula is C14H18IN3. The summed E-state index contributed by atoms with van der Waals surface area (Å²) in [6.45, 7) is 7.43. The highest BCUT2D eigenvalue weighted by molar-refractivity contribution is 14.1. The van der Waals surface area contributed by atoms with Gasteiger partial charge >= 0.3 is 0 Å². The average Bonchev–Trinajstić information content (AvgIpc) is 2.58. The van der Waals surface area contributed by atoms with Gasteiger partial charge in [-0.1, -0.05) is 19.9 Å². The van der Waals surface area contributed by atoms with Gasteiger partial charge in [-0.2, -0.15) is 0 Å². The Hall–Kier alpha value is -1.04. The maximum atomic E-state index is 4.54. The van der Waals surface area contributed by atoms with E-state index in [9.17, 15) is 0 Å². The highest BCUT2D eigenvalue weighted by Gasteiger charge is 2.07. The Kier molecular flexibility index (Phi) is 4.27. The van der Waals surface area contributed by atoms with Crippen LogP contribution in [0.5, 0.6) is 0 Å². The molecule has 0 atom stereocenters. The molecule has 0 amide bonds. The van der Waals surface area contributed by atoms with Gasteiger partial charge in [0.1, 0.15) is 0 Å². The number of anilines is 2. The van der Waals surface area contributed by atoms with Crippen molar-refractivity contribution < 1.29 is 0 Å². The zero-order valence-electron chi connectivity index (χ0n) is 10.9. The molecule has 0 bridgehead atoms. The molecule has 0 saturated carbocycles. The summed E-state index contributed by atoms with van der Waals surface area (Å²) >= 11 is 2.31. The monoisotopic (exact) mass is 355 g/mol.